The SMILES string of the molecule is Cc1ccc(S(=O)(=O)N(CC(=O)N(C)Cc2ccc(Cl)cc2)c2ccc(C)c(C)c2)cc1. The van der Waals surface area contributed by atoms with E-state index in [1.165, 1.54) is 9.21 Å². The third-order valence-electron chi connectivity index (χ3n) is 5.43. The Morgan fingerprint density at radius 3 is 2.09 bits per heavy atom. The van der Waals surface area contributed by atoms with E-state index in [2.05, 4.69) is 0 Å². The van der Waals surface area contributed by atoms with Gasteiger partial charge in [-0.2, -0.15) is 0 Å². The quantitative estimate of drug-likeness (QED) is 0.481. The molecule has 0 heterocycles. The molecule has 32 heavy (non-hydrogen) atoms. The molecule has 0 saturated heterocycles. The van der Waals surface area contributed by atoms with Crippen molar-refractivity contribution in [1.82, 2.24) is 4.90 Å². The Bertz CT molecular complexity index is 1210. The fourth-order valence-corrected chi connectivity index (χ4v) is 4.76. The number of benzene rings is 3. The van der Waals surface area contributed by atoms with Crippen LogP contribution in [0.1, 0.15) is 22.3 Å². The van der Waals surface area contributed by atoms with Crippen LogP contribution in [0.2, 0.25) is 5.02 Å². The summed E-state index contributed by atoms with van der Waals surface area (Å²) in [6, 6.07) is 19.3. The average Bonchev–Trinajstić information content (AvgIpc) is 2.75. The van der Waals surface area contributed by atoms with E-state index in [0.29, 0.717) is 17.3 Å². The molecule has 0 fully saturated rings. The van der Waals surface area contributed by atoms with Crippen molar-refractivity contribution in [3.63, 3.8) is 0 Å². The van der Waals surface area contributed by atoms with Gasteiger partial charge in [-0.25, -0.2) is 8.42 Å². The van der Waals surface area contributed by atoms with Crippen LogP contribution in [0, 0.1) is 20.8 Å². The van der Waals surface area contributed by atoms with Gasteiger partial charge in [0.1, 0.15) is 6.54 Å². The van der Waals surface area contributed by atoms with Gasteiger partial charge in [0.2, 0.25) is 5.91 Å². The third kappa shape index (κ3) is 5.50. The number of hydrogen-bond donors (Lipinski definition) is 0. The average molecular weight is 471 g/mol. The van der Waals surface area contributed by atoms with E-state index >= 15 is 0 Å². The molecule has 0 aliphatic carbocycles. The van der Waals surface area contributed by atoms with E-state index in [0.717, 1.165) is 22.3 Å². The molecule has 0 saturated carbocycles. The number of carbonyl (C=O) groups excluding carboxylic acids is 1. The number of sulfonamides is 1. The predicted octanol–water partition coefficient (Wildman–Crippen LogP) is 5.12. The van der Waals surface area contributed by atoms with Gasteiger partial charge in [0.15, 0.2) is 0 Å². The molecule has 0 aromatic heterocycles. The van der Waals surface area contributed by atoms with Crippen LogP contribution >= 0.6 is 11.6 Å². The van der Waals surface area contributed by atoms with Gasteiger partial charge in [-0.3, -0.25) is 9.10 Å². The van der Waals surface area contributed by atoms with Crippen molar-refractivity contribution in [3.8, 4) is 0 Å². The molecule has 0 radical (unpaired) electrons. The molecule has 168 valence electrons. The van der Waals surface area contributed by atoms with Crippen LogP contribution in [-0.2, 0) is 21.4 Å². The fraction of sp³-hybridized carbons (Fsp3) is 0.240. The monoisotopic (exact) mass is 470 g/mol. The van der Waals surface area contributed by atoms with Gasteiger partial charge in [0, 0.05) is 18.6 Å². The predicted molar refractivity (Wildman–Crippen MR) is 130 cm³/mol. The Labute approximate surface area is 195 Å². The van der Waals surface area contributed by atoms with E-state index in [-0.39, 0.29) is 17.3 Å². The molecule has 0 unspecified atom stereocenters. The molecule has 3 rings (SSSR count). The van der Waals surface area contributed by atoms with Gasteiger partial charge in [-0.15, -0.1) is 0 Å². The lowest BCUT2D eigenvalue weighted by atomic mass is 10.1. The summed E-state index contributed by atoms with van der Waals surface area (Å²) in [6.07, 6.45) is 0. The lowest BCUT2D eigenvalue weighted by Crippen LogP contribution is -2.41. The minimum atomic E-state index is -3.94. The van der Waals surface area contributed by atoms with Crippen molar-refractivity contribution < 1.29 is 13.2 Å². The summed E-state index contributed by atoms with van der Waals surface area (Å²) in [4.78, 5) is 14.7. The van der Waals surface area contributed by atoms with E-state index < -0.39 is 10.0 Å². The van der Waals surface area contributed by atoms with Gasteiger partial charge < -0.3 is 4.90 Å². The minimum Gasteiger partial charge on any atom is -0.340 e. The topological polar surface area (TPSA) is 57.7 Å². The Morgan fingerprint density at radius 1 is 0.875 bits per heavy atom. The summed E-state index contributed by atoms with van der Waals surface area (Å²) >= 11 is 5.94. The zero-order valence-corrected chi connectivity index (χ0v) is 20.2. The normalized spacial score (nSPS) is 11.3. The molecule has 0 atom stereocenters. The first-order valence-corrected chi connectivity index (χ1v) is 12.0. The molecule has 0 bridgehead atoms. The van der Waals surface area contributed by atoms with Crippen LogP contribution in [0.25, 0.3) is 0 Å². The number of aryl methyl sites for hydroxylation is 3. The van der Waals surface area contributed by atoms with Crippen LogP contribution < -0.4 is 4.31 Å². The van der Waals surface area contributed by atoms with Crippen LogP contribution in [-0.4, -0.2) is 32.8 Å². The lowest BCUT2D eigenvalue weighted by molar-refractivity contribution is -0.128. The number of rotatable bonds is 7. The molecule has 0 aliphatic rings. The van der Waals surface area contributed by atoms with Crippen LogP contribution in [0.4, 0.5) is 5.69 Å². The van der Waals surface area contributed by atoms with Gasteiger partial charge >= 0.3 is 0 Å². The summed E-state index contributed by atoms with van der Waals surface area (Å²) < 4.78 is 28.3. The highest BCUT2D eigenvalue weighted by molar-refractivity contribution is 7.92. The first-order chi connectivity index (χ1) is 15.1. The molecule has 0 N–H and O–H groups in total. The van der Waals surface area contributed by atoms with Crippen molar-refractivity contribution in [3.05, 3.63) is 94.0 Å². The van der Waals surface area contributed by atoms with E-state index in [4.69, 9.17) is 11.6 Å². The molecule has 7 heteroatoms. The third-order valence-corrected chi connectivity index (χ3v) is 7.47. The van der Waals surface area contributed by atoms with Crippen LogP contribution in [0.3, 0.4) is 0 Å². The molecule has 1 amide bonds. The zero-order chi connectivity index (χ0) is 23.5. The standard InChI is InChI=1S/C25H27ClN2O3S/c1-18-5-13-24(14-6-18)32(30,31)28(23-12-7-19(2)20(3)15-23)17-25(29)27(4)16-21-8-10-22(26)11-9-21/h5-15H,16-17H2,1-4H3. The summed E-state index contributed by atoms with van der Waals surface area (Å²) in [7, 11) is -2.28. The second-order valence-electron chi connectivity index (χ2n) is 7.97. The summed E-state index contributed by atoms with van der Waals surface area (Å²) in [5.41, 5.74) is 4.33. The van der Waals surface area contributed by atoms with Gasteiger partial charge in [0.05, 0.1) is 10.6 Å². The van der Waals surface area contributed by atoms with Crippen molar-refractivity contribution in [1.29, 1.82) is 0 Å². The maximum Gasteiger partial charge on any atom is 0.264 e. The molecule has 0 aliphatic heterocycles. The molecule has 0 spiro atoms. The Morgan fingerprint density at radius 2 is 1.50 bits per heavy atom. The maximum atomic E-state index is 13.5. The molecular formula is C25H27ClN2O3S. The van der Waals surface area contributed by atoms with E-state index in [9.17, 15) is 13.2 Å². The van der Waals surface area contributed by atoms with Crippen molar-refractivity contribution in [2.45, 2.75) is 32.2 Å². The van der Waals surface area contributed by atoms with Crippen LogP contribution in [0.5, 0.6) is 0 Å². The van der Waals surface area contributed by atoms with Crippen LogP contribution in [0.15, 0.2) is 71.6 Å². The summed E-state index contributed by atoms with van der Waals surface area (Å²) in [5, 5.41) is 0.618. The number of likely N-dealkylation sites (N-methyl/N-ethyl adjacent to an activating group) is 1. The first kappa shape index (κ1) is 23.8. The van der Waals surface area contributed by atoms with Crippen molar-refractivity contribution in [2.75, 3.05) is 17.9 Å². The highest BCUT2D eigenvalue weighted by atomic mass is 35.5. The number of carbonyl (C=O) groups is 1. The van der Waals surface area contributed by atoms with Crippen molar-refractivity contribution >= 4 is 33.2 Å². The minimum absolute atomic E-state index is 0.148. The number of amides is 1. The summed E-state index contributed by atoms with van der Waals surface area (Å²) in [5.74, 6) is -0.311. The fourth-order valence-electron chi connectivity index (χ4n) is 3.23. The molecule has 3 aromatic carbocycles. The maximum absolute atomic E-state index is 13.5. The van der Waals surface area contributed by atoms with Crippen molar-refractivity contribution in [2.24, 2.45) is 0 Å². The molecular weight excluding hydrogens is 444 g/mol. The second kappa shape index (κ2) is 9.76. The van der Waals surface area contributed by atoms with Gasteiger partial charge in [-0.05, 0) is 73.9 Å². The summed E-state index contributed by atoms with van der Waals surface area (Å²) in [6.45, 7) is 5.82. The molecule has 5 nitrogen and oxygen atoms in total. The molecule has 3 aromatic rings. The first-order valence-electron chi connectivity index (χ1n) is 10.2. The second-order valence-corrected chi connectivity index (χ2v) is 10.3. The zero-order valence-electron chi connectivity index (χ0n) is 18.7. The van der Waals surface area contributed by atoms with Gasteiger partial charge in [0.25, 0.3) is 10.0 Å². The van der Waals surface area contributed by atoms with E-state index in [1.54, 1.807) is 55.6 Å². The largest absolute Gasteiger partial charge is 0.340 e. The lowest BCUT2D eigenvalue weighted by Gasteiger charge is -2.27. The number of nitrogens with zero attached hydrogens (tertiary/aromatic N) is 2. The smallest absolute Gasteiger partial charge is 0.264 e. The Hall–Kier alpha value is -2.83. The Kier molecular flexibility index (Phi) is 7.26. The van der Waals surface area contributed by atoms with E-state index in [1.807, 2.05) is 39.0 Å². The number of anilines is 1. The highest BCUT2D eigenvalue weighted by Gasteiger charge is 2.28. The Balaban J connectivity index is 1.93. The highest BCUT2D eigenvalue weighted by Crippen LogP contribution is 2.26. The van der Waals surface area contributed by atoms with Gasteiger partial charge in [-0.1, -0.05) is 47.5 Å². The number of hydrogen-bond acceptors (Lipinski definition) is 3. The number of halogens is 1.